The number of nitriles is 3. The second-order valence-corrected chi connectivity index (χ2v) is 6.88. The molecule has 29 heavy (non-hydrogen) atoms. The van der Waals surface area contributed by atoms with E-state index in [-0.39, 0.29) is 16.9 Å². The van der Waals surface area contributed by atoms with Crippen molar-refractivity contribution in [1.29, 1.82) is 15.8 Å². The number of ketones is 1. The Morgan fingerprint density at radius 2 is 1.41 bits per heavy atom. The van der Waals surface area contributed by atoms with Crippen LogP contribution in [0, 0.1) is 47.8 Å². The fourth-order valence-electron chi connectivity index (χ4n) is 3.54. The molecule has 0 spiro atoms. The van der Waals surface area contributed by atoms with Crippen molar-refractivity contribution in [3.63, 3.8) is 0 Å². The second-order valence-electron chi connectivity index (χ2n) is 6.88. The van der Waals surface area contributed by atoms with Crippen molar-refractivity contribution in [3.8, 4) is 18.2 Å². The lowest BCUT2D eigenvalue weighted by Gasteiger charge is -2.15. The molecular weight excluding hydrogens is 358 g/mol. The van der Waals surface area contributed by atoms with Crippen LogP contribution in [0.5, 0.6) is 0 Å². The van der Waals surface area contributed by atoms with Gasteiger partial charge in [0.15, 0.2) is 5.78 Å². The Hall–Kier alpha value is -4.20. The largest absolute Gasteiger partial charge is 0.289 e. The highest BCUT2D eigenvalue weighted by Gasteiger charge is 2.19. The van der Waals surface area contributed by atoms with Crippen molar-refractivity contribution in [2.24, 2.45) is 0 Å². The van der Waals surface area contributed by atoms with Crippen molar-refractivity contribution >= 4 is 5.78 Å². The number of hydrogen-bond donors (Lipinski definition) is 0. The summed E-state index contributed by atoms with van der Waals surface area (Å²) in [5.41, 5.74) is 5.22. The molecule has 0 aliphatic rings. The van der Waals surface area contributed by atoms with Crippen LogP contribution in [-0.2, 0) is 6.42 Å². The number of nitrogens with zero attached hydrogens (tertiary/aromatic N) is 3. The first-order valence-electron chi connectivity index (χ1n) is 9.05. The van der Waals surface area contributed by atoms with Gasteiger partial charge in [-0.2, -0.15) is 15.8 Å². The van der Waals surface area contributed by atoms with Crippen molar-refractivity contribution < 1.29 is 4.79 Å². The molecule has 4 nitrogen and oxygen atoms in total. The predicted molar refractivity (Wildman–Crippen MR) is 109 cm³/mol. The predicted octanol–water partition coefficient (Wildman–Crippen LogP) is 4.74. The van der Waals surface area contributed by atoms with Gasteiger partial charge in [-0.15, -0.1) is 0 Å². The van der Waals surface area contributed by atoms with Crippen LogP contribution in [0.4, 0.5) is 0 Å². The van der Waals surface area contributed by atoms with Gasteiger partial charge in [0.1, 0.15) is 12.1 Å². The standard InChI is InChI=1S/C25H17N3O/c1-16-8-17(2)24(25(29)18-6-4-3-5-7-18)20(9-16)10-19-11-22(14-27)23(15-28)12-21(19)13-26/h3-9,11-12H,10H2,1-2H3. The van der Waals surface area contributed by atoms with Crippen LogP contribution >= 0.6 is 0 Å². The maximum absolute atomic E-state index is 13.2. The van der Waals surface area contributed by atoms with E-state index < -0.39 is 0 Å². The summed E-state index contributed by atoms with van der Waals surface area (Å²) in [5, 5.41) is 28.1. The fourth-order valence-corrected chi connectivity index (χ4v) is 3.54. The van der Waals surface area contributed by atoms with Gasteiger partial charge in [-0.3, -0.25) is 4.79 Å². The number of hydrogen-bond acceptors (Lipinski definition) is 4. The Morgan fingerprint density at radius 1 is 0.793 bits per heavy atom. The monoisotopic (exact) mass is 375 g/mol. The van der Waals surface area contributed by atoms with Crippen LogP contribution in [0.3, 0.4) is 0 Å². The molecule has 0 saturated carbocycles. The highest BCUT2D eigenvalue weighted by Crippen LogP contribution is 2.26. The molecule has 0 saturated heterocycles. The molecule has 138 valence electrons. The van der Waals surface area contributed by atoms with E-state index in [2.05, 4.69) is 6.07 Å². The lowest BCUT2D eigenvalue weighted by molar-refractivity contribution is 0.103. The van der Waals surface area contributed by atoms with Gasteiger partial charge < -0.3 is 0 Å². The average Bonchev–Trinajstić information content (AvgIpc) is 2.73. The fraction of sp³-hybridized carbons (Fsp3) is 0.120. The quantitative estimate of drug-likeness (QED) is 0.616. The topological polar surface area (TPSA) is 88.4 Å². The summed E-state index contributed by atoms with van der Waals surface area (Å²) in [7, 11) is 0. The molecule has 0 atom stereocenters. The van der Waals surface area contributed by atoms with E-state index in [1.165, 1.54) is 6.07 Å². The third kappa shape index (κ3) is 3.91. The first-order chi connectivity index (χ1) is 14.0. The van der Waals surface area contributed by atoms with E-state index in [0.29, 0.717) is 28.7 Å². The third-order valence-corrected chi connectivity index (χ3v) is 4.81. The zero-order chi connectivity index (χ0) is 21.0. The van der Waals surface area contributed by atoms with E-state index in [4.69, 9.17) is 0 Å². The summed E-state index contributed by atoms with van der Waals surface area (Å²) in [6.07, 6.45) is 0.319. The molecule has 0 aromatic heterocycles. The van der Waals surface area contributed by atoms with Gasteiger partial charge in [0.25, 0.3) is 0 Å². The van der Waals surface area contributed by atoms with Crippen LogP contribution in [0.2, 0.25) is 0 Å². The van der Waals surface area contributed by atoms with Gasteiger partial charge in [-0.1, -0.05) is 48.0 Å². The molecule has 0 N–H and O–H groups in total. The van der Waals surface area contributed by atoms with Crippen molar-refractivity contribution in [2.75, 3.05) is 0 Å². The van der Waals surface area contributed by atoms with Crippen LogP contribution in [0.25, 0.3) is 0 Å². The Labute approximate surface area is 169 Å². The Kier molecular flexibility index (Phi) is 5.54. The number of carbonyl (C=O) groups is 1. The van der Waals surface area contributed by atoms with Crippen LogP contribution < -0.4 is 0 Å². The van der Waals surface area contributed by atoms with E-state index >= 15 is 0 Å². The molecule has 0 bridgehead atoms. The maximum atomic E-state index is 13.2. The summed E-state index contributed by atoms with van der Waals surface area (Å²) in [6.45, 7) is 3.86. The molecule has 4 heteroatoms. The molecule has 3 rings (SSSR count). The van der Waals surface area contributed by atoms with Gasteiger partial charge in [0.05, 0.1) is 22.8 Å². The molecule has 0 heterocycles. The van der Waals surface area contributed by atoms with E-state index in [9.17, 15) is 20.6 Å². The summed E-state index contributed by atoms with van der Waals surface area (Å²) in [4.78, 5) is 13.2. The zero-order valence-electron chi connectivity index (χ0n) is 16.2. The molecule has 0 radical (unpaired) electrons. The minimum atomic E-state index is -0.0780. The molecule has 0 aliphatic heterocycles. The third-order valence-electron chi connectivity index (χ3n) is 4.81. The first-order valence-corrected chi connectivity index (χ1v) is 9.05. The van der Waals surface area contributed by atoms with Crippen molar-refractivity contribution in [2.45, 2.75) is 20.3 Å². The maximum Gasteiger partial charge on any atom is 0.193 e. The zero-order valence-corrected chi connectivity index (χ0v) is 16.2. The van der Waals surface area contributed by atoms with Crippen LogP contribution in [0.1, 0.15) is 54.9 Å². The highest BCUT2D eigenvalue weighted by atomic mass is 16.1. The van der Waals surface area contributed by atoms with Gasteiger partial charge in [0.2, 0.25) is 0 Å². The Balaban J connectivity index is 2.17. The van der Waals surface area contributed by atoms with Gasteiger partial charge in [-0.25, -0.2) is 0 Å². The van der Waals surface area contributed by atoms with Crippen LogP contribution in [-0.4, -0.2) is 5.78 Å². The highest BCUT2D eigenvalue weighted by molar-refractivity contribution is 6.11. The van der Waals surface area contributed by atoms with Crippen molar-refractivity contribution in [3.05, 3.63) is 105 Å². The summed E-state index contributed by atoms with van der Waals surface area (Å²) in [6, 6.07) is 22.1. The van der Waals surface area contributed by atoms with E-state index in [1.807, 2.05) is 56.3 Å². The van der Waals surface area contributed by atoms with Crippen molar-refractivity contribution in [1.82, 2.24) is 0 Å². The minimum absolute atomic E-state index is 0.0780. The minimum Gasteiger partial charge on any atom is -0.289 e. The number of aryl methyl sites for hydroxylation is 2. The summed E-state index contributed by atoms with van der Waals surface area (Å²) < 4.78 is 0. The Bertz CT molecular complexity index is 1240. The van der Waals surface area contributed by atoms with Crippen LogP contribution in [0.15, 0.2) is 54.6 Å². The van der Waals surface area contributed by atoms with E-state index in [1.54, 1.807) is 18.2 Å². The summed E-state index contributed by atoms with van der Waals surface area (Å²) >= 11 is 0. The lowest BCUT2D eigenvalue weighted by atomic mass is 9.87. The molecule has 0 amide bonds. The normalized spacial score (nSPS) is 9.90. The van der Waals surface area contributed by atoms with Gasteiger partial charge in [0, 0.05) is 11.1 Å². The molecule has 0 unspecified atom stereocenters. The first kappa shape index (κ1) is 19.6. The lowest BCUT2D eigenvalue weighted by Crippen LogP contribution is -2.10. The molecule has 0 fully saturated rings. The SMILES string of the molecule is Cc1cc(C)c(C(=O)c2ccccc2)c(Cc2cc(C#N)c(C#N)cc2C#N)c1. The molecule has 3 aromatic carbocycles. The Morgan fingerprint density at radius 3 is 2.03 bits per heavy atom. The van der Waals surface area contributed by atoms with Gasteiger partial charge >= 0.3 is 0 Å². The number of rotatable bonds is 4. The molecule has 3 aromatic rings. The van der Waals surface area contributed by atoms with E-state index in [0.717, 1.165) is 16.7 Å². The molecule has 0 aliphatic carbocycles. The summed E-state index contributed by atoms with van der Waals surface area (Å²) in [5.74, 6) is -0.0780. The number of carbonyl (C=O) groups excluding carboxylic acids is 1. The number of benzene rings is 3. The average molecular weight is 375 g/mol. The molecular formula is C25H17N3O. The second kappa shape index (κ2) is 8.22. The van der Waals surface area contributed by atoms with Gasteiger partial charge in [-0.05, 0) is 49.1 Å². The smallest absolute Gasteiger partial charge is 0.193 e.